The number of anilines is 3. The molecule has 1 aliphatic heterocycles. The van der Waals surface area contributed by atoms with Gasteiger partial charge in [0.1, 0.15) is 12.5 Å². The molecule has 154 valence electrons. The van der Waals surface area contributed by atoms with Crippen LogP contribution in [0.25, 0.3) is 0 Å². The molecule has 2 heterocycles. The zero-order chi connectivity index (χ0) is 20.9. The van der Waals surface area contributed by atoms with Gasteiger partial charge in [0.25, 0.3) is 0 Å². The van der Waals surface area contributed by atoms with Crippen molar-refractivity contribution in [2.24, 2.45) is 4.99 Å². The molecular weight excluding hydrogens is 376 g/mol. The van der Waals surface area contributed by atoms with Crippen LogP contribution in [0.2, 0.25) is 0 Å². The van der Waals surface area contributed by atoms with E-state index in [1.54, 1.807) is 6.20 Å². The van der Waals surface area contributed by atoms with Gasteiger partial charge in [-0.1, -0.05) is 48.5 Å². The Balaban J connectivity index is 1.43. The van der Waals surface area contributed by atoms with Crippen LogP contribution in [0.15, 0.2) is 84.0 Å². The first kappa shape index (κ1) is 19.7. The lowest BCUT2D eigenvalue weighted by molar-refractivity contribution is 0.150. The second kappa shape index (κ2) is 8.84. The van der Waals surface area contributed by atoms with E-state index >= 15 is 0 Å². The van der Waals surface area contributed by atoms with Gasteiger partial charge in [-0.2, -0.15) is 0 Å². The summed E-state index contributed by atoms with van der Waals surface area (Å²) in [6.07, 6.45) is 1.16. The molecule has 0 radical (unpaired) electrons. The molecule has 0 spiro atoms. The average Bonchev–Trinajstić information content (AvgIpc) is 3.27. The van der Waals surface area contributed by atoms with Crippen LogP contribution in [0.5, 0.6) is 0 Å². The van der Waals surface area contributed by atoms with Crippen LogP contribution in [-0.2, 0) is 0 Å². The van der Waals surface area contributed by atoms with Gasteiger partial charge in [0.15, 0.2) is 0 Å². The van der Waals surface area contributed by atoms with Gasteiger partial charge in [0.2, 0.25) is 5.96 Å². The summed E-state index contributed by atoms with van der Waals surface area (Å²) in [4.78, 5) is 11.0. The van der Waals surface area contributed by atoms with Crippen LogP contribution in [0, 0.1) is 0 Å². The number of para-hydroxylation sites is 1. The molecule has 2 atom stereocenters. The molecule has 1 aliphatic rings. The van der Waals surface area contributed by atoms with Crippen LogP contribution in [0.4, 0.5) is 17.2 Å². The number of aliphatic hydroxyl groups is 1. The molecule has 3 aromatic rings. The summed E-state index contributed by atoms with van der Waals surface area (Å²) >= 11 is 0. The van der Waals surface area contributed by atoms with Crippen LogP contribution in [-0.4, -0.2) is 35.8 Å². The molecular formula is C23H26N6O. The van der Waals surface area contributed by atoms with Gasteiger partial charge < -0.3 is 15.3 Å². The number of rotatable bonds is 6. The first-order valence-corrected chi connectivity index (χ1v) is 9.94. The minimum absolute atomic E-state index is 0.145. The van der Waals surface area contributed by atoms with E-state index in [0.29, 0.717) is 12.6 Å². The predicted molar refractivity (Wildman–Crippen MR) is 121 cm³/mol. The Morgan fingerprint density at radius 3 is 2.50 bits per heavy atom. The maximum absolute atomic E-state index is 10.8. The first-order chi connectivity index (χ1) is 14.6. The van der Waals surface area contributed by atoms with E-state index in [1.807, 2.05) is 96.7 Å². The number of guanidine groups is 1. The minimum Gasteiger partial charge on any atom is -0.386 e. The van der Waals surface area contributed by atoms with E-state index in [1.165, 1.54) is 0 Å². The number of aliphatic hydroxyl groups excluding tert-OH is 1. The van der Waals surface area contributed by atoms with Crippen molar-refractivity contribution < 1.29 is 5.11 Å². The number of hydrogen-bond acceptors (Lipinski definition) is 7. The number of hydrogen-bond donors (Lipinski definition) is 3. The van der Waals surface area contributed by atoms with Crippen molar-refractivity contribution in [1.29, 1.82) is 0 Å². The topological polar surface area (TPSA) is 76.0 Å². The lowest BCUT2D eigenvalue weighted by atomic mass is 10.0. The Kier molecular flexibility index (Phi) is 5.81. The highest BCUT2D eigenvalue weighted by Gasteiger charge is 2.23. The number of likely N-dealkylation sites (N-methyl/N-ethyl adjacent to an activating group) is 1. The largest absolute Gasteiger partial charge is 0.386 e. The van der Waals surface area contributed by atoms with Gasteiger partial charge in [-0.05, 0) is 30.7 Å². The SMILES string of the molecule is CC(C(O)c1ccccc1)N(C)c1cc(N2CN=C(Nc3ccccc3)N2)ccn1. The lowest BCUT2D eigenvalue weighted by Crippen LogP contribution is -2.39. The van der Waals surface area contributed by atoms with Crippen LogP contribution in [0.3, 0.4) is 0 Å². The summed E-state index contributed by atoms with van der Waals surface area (Å²) in [5.74, 6) is 1.47. The summed E-state index contributed by atoms with van der Waals surface area (Å²) in [5.41, 5.74) is 6.09. The molecule has 7 heteroatoms. The van der Waals surface area contributed by atoms with E-state index in [2.05, 4.69) is 20.7 Å². The molecule has 0 amide bonds. The van der Waals surface area contributed by atoms with Crippen molar-refractivity contribution in [1.82, 2.24) is 10.4 Å². The molecule has 7 nitrogen and oxygen atoms in total. The summed E-state index contributed by atoms with van der Waals surface area (Å²) in [6, 6.07) is 23.4. The van der Waals surface area contributed by atoms with Gasteiger partial charge in [-0.3, -0.25) is 10.4 Å². The van der Waals surface area contributed by atoms with Gasteiger partial charge in [-0.25, -0.2) is 9.98 Å². The molecule has 30 heavy (non-hydrogen) atoms. The highest BCUT2D eigenvalue weighted by atomic mass is 16.3. The summed E-state index contributed by atoms with van der Waals surface area (Å²) in [6.45, 7) is 2.48. The molecule has 2 unspecified atom stereocenters. The minimum atomic E-state index is -0.614. The van der Waals surface area contributed by atoms with Gasteiger partial charge in [-0.15, -0.1) is 0 Å². The fourth-order valence-electron chi connectivity index (χ4n) is 3.33. The standard InChI is InChI=1S/C23H26N6O/c1-17(22(30)18-9-5-3-6-10-18)28(2)21-15-20(13-14-24-21)29-16-25-23(27-29)26-19-11-7-4-8-12-19/h3-15,17,22,30H,16H2,1-2H3,(H2,25,26,27). The van der Waals surface area contributed by atoms with Crippen LogP contribution in [0.1, 0.15) is 18.6 Å². The number of pyridine rings is 1. The maximum Gasteiger partial charge on any atom is 0.216 e. The van der Waals surface area contributed by atoms with Crippen LogP contribution >= 0.6 is 0 Å². The van der Waals surface area contributed by atoms with Crippen molar-refractivity contribution in [2.45, 2.75) is 19.1 Å². The number of aromatic nitrogens is 1. The van der Waals surface area contributed by atoms with Gasteiger partial charge in [0, 0.05) is 25.0 Å². The lowest BCUT2D eigenvalue weighted by Gasteiger charge is -2.31. The Morgan fingerprint density at radius 1 is 1.07 bits per heavy atom. The van der Waals surface area contributed by atoms with Gasteiger partial charge in [0.05, 0.1) is 17.8 Å². The fourth-order valence-corrected chi connectivity index (χ4v) is 3.33. The third-order valence-electron chi connectivity index (χ3n) is 5.26. The molecule has 0 fully saturated rings. The predicted octanol–water partition coefficient (Wildman–Crippen LogP) is 3.39. The monoisotopic (exact) mass is 402 g/mol. The number of hydrazine groups is 1. The highest BCUT2D eigenvalue weighted by Crippen LogP contribution is 2.26. The molecule has 0 saturated heterocycles. The van der Waals surface area contributed by atoms with E-state index in [4.69, 9.17) is 0 Å². The first-order valence-electron chi connectivity index (χ1n) is 9.94. The third-order valence-corrected chi connectivity index (χ3v) is 5.26. The second-order valence-corrected chi connectivity index (χ2v) is 7.26. The third kappa shape index (κ3) is 4.36. The number of nitrogens with one attached hydrogen (secondary N) is 2. The second-order valence-electron chi connectivity index (χ2n) is 7.26. The van der Waals surface area contributed by atoms with E-state index in [-0.39, 0.29) is 6.04 Å². The van der Waals surface area contributed by atoms with E-state index < -0.39 is 6.10 Å². The molecule has 1 aromatic heterocycles. The summed E-state index contributed by atoms with van der Waals surface area (Å²) in [7, 11) is 1.94. The smallest absolute Gasteiger partial charge is 0.216 e. The molecule has 3 N–H and O–H groups in total. The maximum atomic E-state index is 10.8. The van der Waals surface area contributed by atoms with E-state index in [0.717, 1.165) is 22.8 Å². The molecule has 0 saturated carbocycles. The van der Waals surface area contributed by atoms with E-state index in [9.17, 15) is 5.11 Å². The van der Waals surface area contributed by atoms with Crippen molar-refractivity contribution in [3.63, 3.8) is 0 Å². The Labute approximate surface area is 176 Å². The van der Waals surface area contributed by atoms with Crippen molar-refractivity contribution in [3.05, 3.63) is 84.6 Å². The summed E-state index contributed by atoms with van der Waals surface area (Å²) in [5, 5.41) is 16.0. The molecule has 0 aliphatic carbocycles. The zero-order valence-electron chi connectivity index (χ0n) is 17.1. The molecule has 0 bridgehead atoms. The van der Waals surface area contributed by atoms with Crippen LogP contribution < -0.4 is 20.7 Å². The zero-order valence-corrected chi connectivity index (χ0v) is 17.1. The fraction of sp³-hybridized carbons (Fsp3) is 0.217. The Hall–Kier alpha value is -3.58. The number of aliphatic imine (C=N–C) groups is 1. The Morgan fingerprint density at radius 2 is 1.77 bits per heavy atom. The van der Waals surface area contributed by atoms with Gasteiger partial charge >= 0.3 is 0 Å². The number of nitrogens with zero attached hydrogens (tertiary/aromatic N) is 4. The number of benzene rings is 2. The molecule has 4 rings (SSSR count). The quantitative estimate of drug-likeness (QED) is 0.587. The van der Waals surface area contributed by atoms with Crippen molar-refractivity contribution >= 4 is 23.2 Å². The normalized spacial score (nSPS) is 15.2. The average molecular weight is 403 g/mol. The van der Waals surface area contributed by atoms with Crippen molar-refractivity contribution in [3.8, 4) is 0 Å². The molecule has 2 aromatic carbocycles. The highest BCUT2D eigenvalue weighted by molar-refractivity contribution is 5.96. The van der Waals surface area contributed by atoms with Crippen molar-refractivity contribution in [2.75, 3.05) is 28.9 Å². The summed E-state index contributed by atoms with van der Waals surface area (Å²) < 4.78 is 0. The Bertz CT molecular complexity index is 995.